The Labute approximate surface area is 165 Å². The third-order valence-electron chi connectivity index (χ3n) is 7.69. The summed E-state index contributed by atoms with van der Waals surface area (Å²) in [6.07, 6.45) is 27.6. The van der Waals surface area contributed by atoms with Gasteiger partial charge >= 0.3 is 0 Å². The molecule has 0 aromatic rings. The molecule has 0 aromatic carbocycles. The lowest BCUT2D eigenvalue weighted by molar-refractivity contribution is 0.190. The fourth-order valence-corrected chi connectivity index (χ4v) is 10.8. The van der Waals surface area contributed by atoms with Crippen molar-refractivity contribution in [3.8, 4) is 0 Å². The van der Waals surface area contributed by atoms with Gasteiger partial charge in [-0.05, 0) is 80.7 Å². The van der Waals surface area contributed by atoms with Gasteiger partial charge in [0.25, 0.3) is 0 Å². The number of hydrogen-bond acceptors (Lipinski definition) is 1. The summed E-state index contributed by atoms with van der Waals surface area (Å²) in [6.45, 7) is 0.958. The van der Waals surface area contributed by atoms with Crippen LogP contribution in [-0.4, -0.2) is 30.7 Å². The minimum Gasteiger partial charge on any atom is -0.385 e. The van der Waals surface area contributed by atoms with Gasteiger partial charge in [-0.2, -0.15) is 0 Å². The van der Waals surface area contributed by atoms with Crippen LogP contribution in [0, 0.1) is 5.92 Å². The SMILES string of the molecule is COCCCCCC1CCC(P(C2CCCCC2)C2CCCCC2)CC1. The molecule has 3 fully saturated rings. The number of rotatable bonds is 9. The highest BCUT2D eigenvalue weighted by molar-refractivity contribution is 7.60. The molecule has 1 nitrogen and oxygen atoms in total. The normalized spacial score (nSPS) is 29.3. The minimum absolute atomic E-state index is 0.328. The van der Waals surface area contributed by atoms with Crippen molar-refractivity contribution in [3.63, 3.8) is 0 Å². The lowest BCUT2D eigenvalue weighted by Gasteiger charge is -2.45. The van der Waals surface area contributed by atoms with Gasteiger partial charge in [0.2, 0.25) is 0 Å². The van der Waals surface area contributed by atoms with Crippen LogP contribution in [0.5, 0.6) is 0 Å². The van der Waals surface area contributed by atoms with Crippen LogP contribution >= 0.6 is 7.92 Å². The molecule has 0 radical (unpaired) electrons. The van der Waals surface area contributed by atoms with Crippen LogP contribution in [0.4, 0.5) is 0 Å². The maximum absolute atomic E-state index is 5.19. The van der Waals surface area contributed by atoms with Gasteiger partial charge in [0.15, 0.2) is 0 Å². The average molecular weight is 381 g/mol. The second-order valence-corrected chi connectivity index (χ2v) is 12.6. The largest absolute Gasteiger partial charge is 0.385 e. The Morgan fingerprint density at radius 1 is 0.615 bits per heavy atom. The van der Waals surface area contributed by atoms with E-state index in [0.717, 1.165) is 29.5 Å². The minimum atomic E-state index is 0.328. The molecule has 0 aromatic heterocycles. The number of hydrogen-bond donors (Lipinski definition) is 0. The fraction of sp³-hybridized carbons (Fsp3) is 1.00. The van der Waals surface area contributed by atoms with Crippen LogP contribution in [0.3, 0.4) is 0 Å². The van der Waals surface area contributed by atoms with Gasteiger partial charge in [0.1, 0.15) is 0 Å². The Morgan fingerprint density at radius 2 is 1.15 bits per heavy atom. The molecule has 0 bridgehead atoms. The monoisotopic (exact) mass is 380 g/mol. The predicted octanol–water partition coefficient (Wildman–Crippen LogP) is 7.90. The highest BCUT2D eigenvalue weighted by Crippen LogP contribution is 2.62. The molecular formula is C24H45OP. The quantitative estimate of drug-likeness (QED) is 0.292. The molecule has 0 atom stereocenters. The van der Waals surface area contributed by atoms with E-state index in [-0.39, 0.29) is 0 Å². The van der Waals surface area contributed by atoms with Gasteiger partial charge < -0.3 is 4.74 Å². The van der Waals surface area contributed by atoms with E-state index in [0.29, 0.717) is 7.92 Å². The molecule has 0 heterocycles. The first-order valence-corrected chi connectivity index (χ1v) is 13.7. The lowest BCUT2D eigenvalue weighted by Crippen LogP contribution is -2.29. The molecule has 0 amide bonds. The first kappa shape index (κ1) is 21.1. The molecule has 152 valence electrons. The smallest absolute Gasteiger partial charge is 0.0462 e. The summed E-state index contributed by atoms with van der Waals surface area (Å²) < 4.78 is 5.19. The fourth-order valence-electron chi connectivity index (χ4n) is 6.24. The van der Waals surface area contributed by atoms with E-state index in [4.69, 9.17) is 4.74 Å². The van der Waals surface area contributed by atoms with E-state index in [1.54, 1.807) is 77.0 Å². The van der Waals surface area contributed by atoms with Crippen LogP contribution in [0.1, 0.15) is 116 Å². The second-order valence-electron chi connectivity index (χ2n) is 9.55. The Kier molecular flexibility index (Phi) is 9.79. The van der Waals surface area contributed by atoms with Gasteiger partial charge in [-0.15, -0.1) is 0 Å². The number of unbranched alkanes of at least 4 members (excludes halogenated alkanes) is 2. The summed E-state index contributed by atoms with van der Waals surface area (Å²) in [7, 11) is 2.16. The van der Waals surface area contributed by atoms with Gasteiger partial charge in [0, 0.05) is 13.7 Å². The molecule has 0 N–H and O–H groups in total. The molecule has 26 heavy (non-hydrogen) atoms. The Balaban J connectivity index is 1.46. The topological polar surface area (TPSA) is 9.23 Å². The van der Waals surface area contributed by atoms with Gasteiger partial charge in [0.05, 0.1) is 0 Å². The third kappa shape index (κ3) is 6.48. The summed E-state index contributed by atoms with van der Waals surface area (Å²) in [5.74, 6) is 1.06. The highest BCUT2D eigenvalue weighted by atomic mass is 31.1. The predicted molar refractivity (Wildman–Crippen MR) is 117 cm³/mol. The van der Waals surface area contributed by atoms with E-state index < -0.39 is 0 Å². The Morgan fingerprint density at radius 3 is 1.69 bits per heavy atom. The first-order valence-electron chi connectivity index (χ1n) is 12.1. The molecule has 0 unspecified atom stereocenters. The van der Waals surface area contributed by atoms with Crippen molar-refractivity contribution in [2.75, 3.05) is 13.7 Å². The van der Waals surface area contributed by atoms with Crippen molar-refractivity contribution in [1.29, 1.82) is 0 Å². The van der Waals surface area contributed by atoms with E-state index in [2.05, 4.69) is 0 Å². The summed E-state index contributed by atoms with van der Waals surface area (Å²) in [5, 5.41) is 0. The van der Waals surface area contributed by atoms with Gasteiger partial charge in [-0.3, -0.25) is 0 Å². The highest BCUT2D eigenvalue weighted by Gasteiger charge is 2.37. The van der Waals surface area contributed by atoms with Crippen LogP contribution in [0.15, 0.2) is 0 Å². The van der Waals surface area contributed by atoms with Crippen LogP contribution < -0.4 is 0 Å². The van der Waals surface area contributed by atoms with Crippen molar-refractivity contribution in [3.05, 3.63) is 0 Å². The van der Waals surface area contributed by atoms with Crippen LogP contribution in [-0.2, 0) is 4.74 Å². The molecule has 0 spiro atoms. The molecule has 0 aliphatic heterocycles. The maximum Gasteiger partial charge on any atom is 0.0462 e. The zero-order valence-corrected chi connectivity index (χ0v) is 18.5. The molecule has 0 saturated heterocycles. The summed E-state index contributed by atoms with van der Waals surface area (Å²) in [5.41, 5.74) is 3.48. The van der Waals surface area contributed by atoms with Crippen molar-refractivity contribution in [2.45, 2.75) is 133 Å². The zero-order valence-electron chi connectivity index (χ0n) is 17.6. The standard InChI is InChI=1S/C24H45OP/c1-25-20-10-4-5-11-21-16-18-24(19-17-21)26(22-12-6-2-7-13-22)23-14-8-3-9-15-23/h21-24H,2-20H2,1H3. The van der Waals surface area contributed by atoms with Crippen LogP contribution in [0.2, 0.25) is 0 Å². The second kappa shape index (κ2) is 12.1. The van der Waals surface area contributed by atoms with Crippen molar-refractivity contribution in [1.82, 2.24) is 0 Å². The average Bonchev–Trinajstić information content (AvgIpc) is 2.71. The van der Waals surface area contributed by atoms with Crippen LogP contribution in [0.25, 0.3) is 0 Å². The van der Waals surface area contributed by atoms with Crippen molar-refractivity contribution >= 4 is 7.92 Å². The lowest BCUT2D eigenvalue weighted by atomic mass is 9.85. The molecule has 3 saturated carbocycles. The van der Waals surface area contributed by atoms with E-state index in [9.17, 15) is 0 Å². The zero-order chi connectivity index (χ0) is 18.0. The first-order chi connectivity index (χ1) is 12.9. The van der Waals surface area contributed by atoms with Crippen molar-refractivity contribution < 1.29 is 4.74 Å². The summed E-state index contributed by atoms with van der Waals surface area (Å²) in [4.78, 5) is 0. The maximum atomic E-state index is 5.19. The molecule has 2 heteroatoms. The van der Waals surface area contributed by atoms with Gasteiger partial charge in [-0.25, -0.2) is 0 Å². The summed E-state index contributed by atoms with van der Waals surface area (Å²) in [6, 6.07) is 0. The Bertz CT molecular complexity index is 333. The van der Waals surface area contributed by atoms with E-state index >= 15 is 0 Å². The van der Waals surface area contributed by atoms with Gasteiger partial charge in [-0.1, -0.05) is 65.7 Å². The summed E-state index contributed by atoms with van der Waals surface area (Å²) >= 11 is 0. The van der Waals surface area contributed by atoms with Crippen molar-refractivity contribution in [2.24, 2.45) is 5.92 Å². The number of methoxy groups -OCH3 is 1. The third-order valence-corrected chi connectivity index (χ3v) is 11.8. The van der Waals surface area contributed by atoms with E-state index in [1.165, 1.54) is 38.5 Å². The molecule has 3 rings (SSSR count). The molecule has 3 aliphatic carbocycles. The molecular weight excluding hydrogens is 335 g/mol. The Hall–Kier alpha value is 0.390. The van der Waals surface area contributed by atoms with E-state index in [1.807, 2.05) is 7.11 Å². The molecule has 3 aliphatic rings. The number of ether oxygens (including phenoxy) is 1.